The average Bonchev–Trinajstić information content (AvgIpc) is 2.79. The van der Waals surface area contributed by atoms with Gasteiger partial charge in [-0.2, -0.15) is 5.10 Å². The first-order chi connectivity index (χ1) is 9.88. The maximum Gasteiger partial charge on any atom is 0.272 e. The first-order valence-corrected chi connectivity index (χ1v) is 6.63. The van der Waals surface area contributed by atoms with Gasteiger partial charge in [-0.05, 0) is 37.6 Å². The second kappa shape index (κ2) is 6.05. The van der Waals surface area contributed by atoms with Gasteiger partial charge in [0.1, 0.15) is 11.5 Å². The van der Waals surface area contributed by atoms with Crippen LogP contribution in [0.3, 0.4) is 0 Å². The number of hydrogen-bond donors (Lipinski definition) is 2. The predicted molar refractivity (Wildman–Crippen MR) is 76.2 cm³/mol. The maximum absolute atomic E-state index is 12.9. The van der Waals surface area contributed by atoms with E-state index in [2.05, 4.69) is 10.4 Å². The summed E-state index contributed by atoms with van der Waals surface area (Å²) in [6.07, 6.45) is -0.917. The van der Waals surface area contributed by atoms with Crippen molar-refractivity contribution >= 4 is 5.91 Å². The molecule has 2 rings (SSSR count). The lowest BCUT2D eigenvalue weighted by Crippen LogP contribution is -2.37. The largest absolute Gasteiger partial charge is 0.386 e. The smallest absolute Gasteiger partial charge is 0.272 e. The van der Waals surface area contributed by atoms with Gasteiger partial charge in [0, 0.05) is 12.7 Å². The van der Waals surface area contributed by atoms with Crippen LogP contribution in [0.25, 0.3) is 0 Å². The quantitative estimate of drug-likeness (QED) is 0.901. The zero-order chi connectivity index (χ0) is 15.6. The summed E-state index contributed by atoms with van der Waals surface area (Å²) in [5.41, 5.74) is 1.71. The fourth-order valence-electron chi connectivity index (χ4n) is 1.98. The molecule has 5 nitrogen and oxygen atoms in total. The molecular weight excluding hydrogens is 273 g/mol. The molecule has 0 radical (unpaired) electrons. The van der Waals surface area contributed by atoms with Gasteiger partial charge in [0.2, 0.25) is 0 Å². The van der Waals surface area contributed by atoms with Crippen LogP contribution in [0.1, 0.15) is 34.8 Å². The molecule has 1 aromatic carbocycles. The molecule has 2 N–H and O–H groups in total. The molecule has 1 aromatic heterocycles. The Bertz CT molecular complexity index is 617. The Morgan fingerprint density at radius 3 is 2.52 bits per heavy atom. The molecule has 0 spiro atoms. The molecule has 2 aromatic rings. The second-order valence-corrected chi connectivity index (χ2v) is 5.05. The van der Waals surface area contributed by atoms with Gasteiger partial charge in [-0.15, -0.1) is 0 Å². The van der Waals surface area contributed by atoms with E-state index in [1.54, 1.807) is 24.7 Å². The van der Waals surface area contributed by atoms with Crippen LogP contribution in [0.5, 0.6) is 0 Å². The molecule has 6 heteroatoms. The lowest BCUT2D eigenvalue weighted by atomic mass is 10.0. The van der Waals surface area contributed by atoms with Crippen LogP contribution in [0.2, 0.25) is 0 Å². The van der Waals surface area contributed by atoms with Gasteiger partial charge < -0.3 is 10.4 Å². The maximum atomic E-state index is 12.9. The Morgan fingerprint density at radius 2 is 2.00 bits per heavy atom. The van der Waals surface area contributed by atoms with Gasteiger partial charge in [-0.25, -0.2) is 4.39 Å². The van der Waals surface area contributed by atoms with Gasteiger partial charge in [0.15, 0.2) is 0 Å². The van der Waals surface area contributed by atoms with E-state index in [9.17, 15) is 14.3 Å². The number of aliphatic hydroxyl groups is 1. The summed E-state index contributed by atoms with van der Waals surface area (Å²) in [5, 5.41) is 16.9. The minimum atomic E-state index is -0.917. The van der Waals surface area contributed by atoms with Crippen molar-refractivity contribution in [1.82, 2.24) is 15.1 Å². The number of aromatic nitrogens is 2. The van der Waals surface area contributed by atoms with Crippen LogP contribution in [-0.2, 0) is 7.05 Å². The van der Waals surface area contributed by atoms with Gasteiger partial charge in [-0.1, -0.05) is 12.1 Å². The zero-order valence-electron chi connectivity index (χ0n) is 12.2. The molecule has 1 amide bonds. The third-order valence-corrected chi connectivity index (χ3v) is 3.39. The lowest BCUT2D eigenvalue weighted by Gasteiger charge is -2.20. The van der Waals surface area contributed by atoms with E-state index in [1.165, 1.54) is 24.3 Å². The number of nitrogens with one attached hydrogen (secondary N) is 1. The monoisotopic (exact) mass is 291 g/mol. The first-order valence-electron chi connectivity index (χ1n) is 6.63. The number of aliphatic hydroxyl groups excluding tert-OH is 1. The molecule has 0 aliphatic carbocycles. The molecule has 0 aliphatic heterocycles. The molecule has 21 heavy (non-hydrogen) atoms. The highest BCUT2D eigenvalue weighted by atomic mass is 19.1. The number of carbonyl (C=O) groups excluding carboxylic acids is 1. The van der Waals surface area contributed by atoms with Crippen LogP contribution < -0.4 is 5.32 Å². The number of amides is 1. The molecule has 0 aliphatic rings. The van der Waals surface area contributed by atoms with E-state index < -0.39 is 12.1 Å². The molecule has 0 bridgehead atoms. The molecule has 0 saturated heterocycles. The Balaban J connectivity index is 2.04. The van der Waals surface area contributed by atoms with Gasteiger partial charge in [0.25, 0.3) is 5.91 Å². The Kier molecular flexibility index (Phi) is 4.37. The van der Waals surface area contributed by atoms with Crippen molar-refractivity contribution in [3.05, 3.63) is 53.1 Å². The number of nitrogens with zero attached hydrogens (tertiary/aromatic N) is 2. The highest BCUT2D eigenvalue weighted by Gasteiger charge is 2.20. The fraction of sp³-hybridized carbons (Fsp3) is 0.333. The molecule has 2 unspecified atom stereocenters. The van der Waals surface area contributed by atoms with Crippen LogP contribution in [0.4, 0.5) is 4.39 Å². The number of benzene rings is 1. The summed E-state index contributed by atoms with van der Waals surface area (Å²) in [6, 6.07) is 6.68. The highest BCUT2D eigenvalue weighted by Crippen LogP contribution is 2.17. The molecule has 2 atom stereocenters. The van der Waals surface area contributed by atoms with Crippen molar-refractivity contribution in [2.45, 2.75) is 26.0 Å². The third-order valence-electron chi connectivity index (χ3n) is 3.39. The third kappa shape index (κ3) is 3.46. The summed E-state index contributed by atoms with van der Waals surface area (Å²) in [6.45, 7) is 3.53. The van der Waals surface area contributed by atoms with Crippen LogP contribution in [0, 0.1) is 12.7 Å². The zero-order valence-corrected chi connectivity index (χ0v) is 12.2. The van der Waals surface area contributed by atoms with Crippen molar-refractivity contribution < 1.29 is 14.3 Å². The number of carbonyl (C=O) groups is 1. The number of rotatable bonds is 4. The van der Waals surface area contributed by atoms with Crippen molar-refractivity contribution in [1.29, 1.82) is 0 Å². The van der Waals surface area contributed by atoms with E-state index in [0.29, 0.717) is 11.3 Å². The van der Waals surface area contributed by atoms with E-state index in [0.717, 1.165) is 5.69 Å². The topological polar surface area (TPSA) is 67.2 Å². The van der Waals surface area contributed by atoms with Gasteiger partial charge in [0.05, 0.1) is 12.1 Å². The minimum absolute atomic E-state index is 0.299. The van der Waals surface area contributed by atoms with Crippen LogP contribution >= 0.6 is 0 Å². The van der Waals surface area contributed by atoms with Crippen molar-refractivity contribution in [2.24, 2.45) is 7.05 Å². The number of halogens is 1. The summed E-state index contributed by atoms with van der Waals surface area (Å²) >= 11 is 0. The Hall–Kier alpha value is -2.21. The molecule has 112 valence electrons. The Morgan fingerprint density at radius 1 is 1.38 bits per heavy atom. The summed E-state index contributed by atoms with van der Waals surface area (Å²) in [7, 11) is 1.75. The molecule has 1 heterocycles. The van der Waals surface area contributed by atoms with Crippen molar-refractivity contribution in [3.63, 3.8) is 0 Å². The first kappa shape index (κ1) is 15.2. The molecule has 0 saturated carbocycles. The molecular formula is C15H18FN3O2. The van der Waals surface area contributed by atoms with Crippen LogP contribution in [-0.4, -0.2) is 26.8 Å². The van der Waals surface area contributed by atoms with E-state index in [4.69, 9.17) is 0 Å². The summed E-state index contributed by atoms with van der Waals surface area (Å²) in [4.78, 5) is 12.1. The standard InChI is InChI=1S/C15H18FN3O2/c1-9-8-13(18-19(9)3)15(21)17-10(2)14(20)11-4-6-12(16)7-5-11/h4-8,10,14,20H,1-3H3,(H,17,21). The second-order valence-electron chi connectivity index (χ2n) is 5.05. The number of aryl methyl sites for hydroxylation is 2. The lowest BCUT2D eigenvalue weighted by molar-refractivity contribution is 0.0846. The fourth-order valence-corrected chi connectivity index (χ4v) is 1.98. The number of hydrogen-bond acceptors (Lipinski definition) is 3. The van der Waals surface area contributed by atoms with Crippen molar-refractivity contribution in [3.8, 4) is 0 Å². The van der Waals surface area contributed by atoms with E-state index in [1.807, 2.05) is 6.92 Å². The highest BCUT2D eigenvalue weighted by molar-refractivity contribution is 5.92. The van der Waals surface area contributed by atoms with Gasteiger partial charge >= 0.3 is 0 Å². The van der Waals surface area contributed by atoms with E-state index >= 15 is 0 Å². The van der Waals surface area contributed by atoms with Crippen LogP contribution in [0.15, 0.2) is 30.3 Å². The Labute approximate surface area is 122 Å². The molecule has 0 fully saturated rings. The predicted octanol–water partition coefficient (Wildman–Crippen LogP) is 1.72. The SMILES string of the molecule is Cc1cc(C(=O)NC(C)C(O)c2ccc(F)cc2)nn1C. The summed E-state index contributed by atoms with van der Waals surface area (Å²) < 4.78 is 14.5. The normalized spacial score (nSPS) is 13.8. The average molecular weight is 291 g/mol. The minimum Gasteiger partial charge on any atom is -0.386 e. The van der Waals surface area contributed by atoms with Gasteiger partial charge in [-0.3, -0.25) is 9.48 Å². The van der Waals surface area contributed by atoms with E-state index in [-0.39, 0.29) is 11.7 Å². The van der Waals surface area contributed by atoms with Crippen molar-refractivity contribution in [2.75, 3.05) is 0 Å². The summed E-state index contributed by atoms with van der Waals surface area (Å²) in [5.74, 6) is -0.723.